The zero-order chi connectivity index (χ0) is 17.4. The summed E-state index contributed by atoms with van der Waals surface area (Å²) in [5.41, 5.74) is 1.73. The van der Waals surface area contributed by atoms with Gasteiger partial charge in [-0.05, 0) is 6.07 Å². The third-order valence-electron chi connectivity index (χ3n) is 4.55. The van der Waals surface area contributed by atoms with Gasteiger partial charge < -0.3 is 9.67 Å². The monoisotopic (exact) mass is 342 g/mol. The third-order valence-corrected chi connectivity index (χ3v) is 4.55. The molecule has 1 aliphatic rings. The van der Waals surface area contributed by atoms with E-state index >= 15 is 0 Å². The van der Waals surface area contributed by atoms with Crippen LogP contribution in [-0.4, -0.2) is 51.1 Å². The molecule has 3 aromatic rings. The minimum atomic E-state index is -0.812. The number of hydrogen-bond acceptors (Lipinski definition) is 6. The molecule has 132 valence electrons. The van der Waals surface area contributed by atoms with Gasteiger partial charge in [-0.2, -0.15) is 10.2 Å². The molecular weight excluding hydrogens is 320 g/mol. The highest BCUT2D eigenvalue weighted by molar-refractivity contribution is 5.19. The van der Waals surface area contributed by atoms with Gasteiger partial charge in [-0.1, -0.05) is 6.92 Å². The van der Waals surface area contributed by atoms with Crippen molar-refractivity contribution in [2.75, 3.05) is 6.54 Å². The normalized spacial score (nSPS) is 16.1. The van der Waals surface area contributed by atoms with E-state index in [0.717, 1.165) is 49.9 Å². The lowest BCUT2D eigenvalue weighted by molar-refractivity contribution is 0.192. The maximum absolute atomic E-state index is 10.5. The van der Waals surface area contributed by atoms with Crippen LogP contribution in [0.25, 0.3) is 0 Å². The van der Waals surface area contributed by atoms with Gasteiger partial charge in [-0.25, -0.2) is 9.97 Å². The van der Waals surface area contributed by atoms with Crippen molar-refractivity contribution in [3.8, 4) is 0 Å². The molecule has 25 heavy (non-hydrogen) atoms. The zero-order valence-corrected chi connectivity index (χ0v) is 14.4. The maximum atomic E-state index is 10.5. The predicted octanol–water partition coefficient (Wildman–Crippen LogP) is 0.395. The van der Waals surface area contributed by atoms with E-state index in [0.29, 0.717) is 11.5 Å². The van der Waals surface area contributed by atoms with E-state index in [2.05, 4.69) is 30.2 Å². The van der Waals surface area contributed by atoms with Crippen molar-refractivity contribution >= 4 is 0 Å². The number of nitrogens with one attached hydrogen (secondary N) is 1. The third kappa shape index (κ3) is 3.08. The molecule has 2 N–H and O–H groups in total. The van der Waals surface area contributed by atoms with Gasteiger partial charge in [-0.3, -0.25) is 14.7 Å². The second-order valence-electron chi connectivity index (χ2n) is 6.35. The van der Waals surface area contributed by atoms with Crippen LogP contribution in [0.3, 0.4) is 0 Å². The molecule has 0 amide bonds. The Morgan fingerprint density at radius 3 is 2.96 bits per heavy atom. The molecule has 0 spiro atoms. The van der Waals surface area contributed by atoms with Crippen LogP contribution in [0.15, 0.2) is 18.5 Å². The molecule has 1 atom stereocenters. The molecule has 1 aliphatic heterocycles. The molecule has 0 aromatic carbocycles. The van der Waals surface area contributed by atoms with Gasteiger partial charge in [0.05, 0.1) is 24.5 Å². The largest absolute Gasteiger partial charge is 0.379 e. The zero-order valence-electron chi connectivity index (χ0n) is 14.4. The molecule has 0 radical (unpaired) electrons. The number of aromatic amines is 1. The molecule has 0 fully saturated rings. The van der Waals surface area contributed by atoms with Crippen LogP contribution >= 0.6 is 0 Å². The van der Waals surface area contributed by atoms with Crippen LogP contribution in [-0.2, 0) is 33.1 Å². The topological polar surface area (TPSA) is 101 Å². The number of fused-ring (bicyclic) bond motifs is 1. The van der Waals surface area contributed by atoms with Gasteiger partial charge in [0.2, 0.25) is 0 Å². The number of aliphatic hydroxyl groups is 1. The van der Waals surface area contributed by atoms with Crippen LogP contribution in [0.4, 0.5) is 0 Å². The second kappa shape index (κ2) is 6.41. The lowest BCUT2D eigenvalue weighted by atomic mass is 10.2. The smallest absolute Gasteiger partial charge is 0.155 e. The lowest BCUT2D eigenvalue weighted by Gasteiger charge is -2.26. The molecule has 4 heterocycles. The fourth-order valence-electron chi connectivity index (χ4n) is 3.16. The van der Waals surface area contributed by atoms with Crippen molar-refractivity contribution in [3.05, 3.63) is 47.3 Å². The molecule has 3 aromatic heterocycles. The fourth-order valence-corrected chi connectivity index (χ4v) is 3.16. The number of hydrogen-bond donors (Lipinski definition) is 2. The van der Waals surface area contributed by atoms with E-state index in [1.807, 2.05) is 35.5 Å². The van der Waals surface area contributed by atoms with Crippen LogP contribution in [0.2, 0.25) is 0 Å². The van der Waals surface area contributed by atoms with Crippen LogP contribution in [0, 0.1) is 0 Å². The molecular formula is C16H22N8O. The van der Waals surface area contributed by atoms with Gasteiger partial charge >= 0.3 is 0 Å². The summed E-state index contributed by atoms with van der Waals surface area (Å²) in [4.78, 5) is 11.0. The van der Waals surface area contributed by atoms with Crippen LogP contribution < -0.4 is 0 Å². The van der Waals surface area contributed by atoms with Gasteiger partial charge in [-0.15, -0.1) is 0 Å². The molecule has 0 aliphatic carbocycles. The minimum absolute atomic E-state index is 0.598. The van der Waals surface area contributed by atoms with Crippen molar-refractivity contribution in [1.82, 2.24) is 39.4 Å². The number of imidazole rings is 1. The highest BCUT2D eigenvalue weighted by Gasteiger charge is 2.24. The Bertz CT molecular complexity index is 863. The van der Waals surface area contributed by atoms with Gasteiger partial charge in [0.25, 0.3) is 0 Å². The summed E-state index contributed by atoms with van der Waals surface area (Å²) in [7, 11) is 1.87. The number of aryl methyl sites for hydroxylation is 2. The average molecular weight is 342 g/mol. The molecule has 1 unspecified atom stereocenters. The molecule has 0 saturated heterocycles. The molecule has 0 bridgehead atoms. The van der Waals surface area contributed by atoms with Gasteiger partial charge in [0, 0.05) is 39.0 Å². The SMILES string of the molecule is CCc1n[nH]c(CN2CCn3nc(C(O)c4nccn4C)cc3C2)n1. The van der Waals surface area contributed by atoms with Crippen molar-refractivity contribution in [1.29, 1.82) is 0 Å². The number of H-pyrrole nitrogens is 1. The standard InChI is InChI=1S/C16H22N8O/c1-3-13-18-14(20-19-13)10-23-6-7-24-11(9-23)8-12(21-24)15(25)16-17-4-5-22(16)2/h4-5,8,15,25H,3,6-7,9-10H2,1-2H3,(H,18,19,20). The Morgan fingerprint density at radius 2 is 2.24 bits per heavy atom. The average Bonchev–Trinajstić information content (AvgIpc) is 3.33. The molecule has 9 nitrogen and oxygen atoms in total. The molecule has 4 rings (SSSR count). The summed E-state index contributed by atoms with van der Waals surface area (Å²) in [6.07, 6.45) is 3.52. The first kappa shape index (κ1) is 16.0. The number of aliphatic hydroxyl groups excluding tert-OH is 1. The van der Waals surface area contributed by atoms with Crippen molar-refractivity contribution in [2.45, 2.75) is 39.1 Å². The number of nitrogens with zero attached hydrogens (tertiary/aromatic N) is 7. The quantitative estimate of drug-likeness (QED) is 0.696. The second-order valence-corrected chi connectivity index (χ2v) is 6.35. The fraction of sp³-hybridized carbons (Fsp3) is 0.500. The minimum Gasteiger partial charge on any atom is -0.379 e. The Hall–Kier alpha value is -2.52. The van der Waals surface area contributed by atoms with Gasteiger partial charge in [0.1, 0.15) is 17.5 Å². The Balaban J connectivity index is 1.48. The van der Waals surface area contributed by atoms with Crippen LogP contribution in [0.1, 0.15) is 41.9 Å². The summed E-state index contributed by atoms with van der Waals surface area (Å²) in [6.45, 7) is 5.21. The van der Waals surface area contributed by atoms with Crippen molar-refractivity contribution in [3.63, 3.8) is 0 Å². The van der Waals surface area contributed by atoms with E-state index < -0.39 is 6.10 Å². The maximum Gasteiger partial charge on any atom is 0.155 e. The molecule has 0 saturated carbocycles. The summed E-state index contributed by atoms with van der Waals surface area (Å²) in [6, 6.07) is 1.96. The van der Waals surface area contributed by atoms with Gasteiger partial charge in [0.15, 0.2) is 6.10 Å². The van der Waals surface area contributed by atoms with E-state index in [1.165, 1.54) is 0 Å². The first-order valence-electron chi connectivity index (χ1n) is 8.48. The Kier molecular flexibility index (Phi) is 4.10. The summed E-state index contributed by atoms with van der Waals surface area (Å²) in [5, 5.41) is 22.3. The van der Waals surface area contributed by atoms with Crippen LogP contribution in [0.5, 0.6) is 0 Å². The lowest BCUT2D eigenvalue weighted by Crippen LogP contribution is -2.33. The number of aromatic nitrogens is 7. The summed E-state index contributed by atoms with van der Waals surface area (Å²) >= 11 is 0. The predicted molar refractivity (Wildman–Crippen MR) is 89.4 cm³/mol. The van der Waals surface area contributed by atoms with E-state index in [1.54, 1.807) is 6.20 Å². The Labute approximate surface area is 145 Å². The van der Waals surface area contributed by atoms with Crippen molar-refractivity contribution in [2.24, 2.45) is 7.05 Å². The molecule has 9 heteroatoms. The summed E-state index contributed by atoms with van der Waals surface area (Å²) in [5.74, 6) is 2.33. The Morgan fingerprint density at radius 1 is 1.36 bits per heavy atom. The van der Waals surface area contributed by atoms with E-state index in [-0.39, 0.29) is 0 Å². The van der Waals surface area contributed by atoms with E-state index in [9.17, 15) is 5.11 Å². The summed E-state index contributed by atoms with van der Waals surface area (Å²) < 4.78 is 3.78. The number of rotatable bonds is 5. The van der Waals surface area contributed by atoms with Crippen molar-refractivity contribution < 1.29 is 5.11 Å². The highest BCUT2D eigenvalue weighted by atomic mass is 16.3. The first-order valence-corrected chi connectivity index (χ1v) is 8.48. The highest BCUT2D eigenvalue weighted by Crippen LogP contribution is 2.22. The van der Waals surface area contributed by atoms with E-state index in [4.69, 9.17) is 0 Å². The first-order chi connectivity index (χ1) is 12.1.